The number of nitrogens with zero attached hydrogens (tertiary/aromatic N) is 2. The fraction of sp³-hybridized carbons (Fsp3) is 0.158. The first kappa shape index (κ1) is 21.5. The lowest BCUT2D eigenvalue weighted by Crippen LogP contribution is -2.13. The summed E-state index contributed by atoms with van der Waals surface area (Å²) in [5.41, 5.74) is -0.295. The second-order valence-corrected chi connectivity index (χ2v) is 5.96. The Morgan fingerprint density at radius 3 is 2.69 bits per heavy atom. The number of hydrogen-bond donors (Lipinski definition) is 2. The summed E-state index contributed by atoms with van der Waals surface area (Å²) < 4.78 is 10.6. The van der Waals surface area contributed by atoms with Gasteiger partial charge in [0.25, 0.3) is 11.6 Å². The van der Waals surface area contributed by atoms with Crippen LogP contribution in [0.15, 0.2) is 35.9 Å². The molecule has 0 fully saturated rings. The number of nitro benzene ring substituents is 1. The number of aromatic hydroxyl groups is 1. The maximum Gasteiger partial charge on any atom is 0.273 e. The van der Waals surface area contributed by atoms with Crippen LogP contribution in [0.4, 0.5) is 11.4 Å². The molecule has 0 bridgehead atoms. The molecule has 2 aromatic carbocycles. The lowest BCUT2D eigenvalue weighted by molar-refractivity contribution is -0.384. The predicted molar refractivity (Wildman–Crippen MR) is 106 cm³/mol. The van der Waals surface area contributed by atoms with Crippen molar-refractivity contribution in [3.8, 4) is 23.3 Å². The molecule has 1 amide bonds. The Kier molecular flexibility index (Phi) is 7.00. The zero-order chi connectivity index (χ0) is 21.6. The molecule has 0 saturated carbocycles. The Hall–Kier alpha value is -3.77. The van der Waals surface area contributed by atoms with Gasteiger partial charge in [-0.2, -0.15) is 5.26 Å². The van der Waals surface area contributed by atoms with E-state index in [-0.39, 0.29) is 22.0 Å². The minimum absolute atomic E-state index is 0.0796. The Morgan fingerprint density at radius 2 is 2.14 bits per heavy atom. The number of methoxy groups -OCH3 is 1. The molecule has 0 aromatic heterocycles. The van der Waals surface area contributed by atoms with E-state index in [4.69, 9.17) is 21.1 Å². The molecule has 150 valence electrons. The summed E-state index contributed by atoms with van der Waals surface area (Å²) in [7, 11) is 1.43. The largest absolute Gasteiger partial charge is 0.506 e. The Labute approximate surface area is 170 Å². The third-order valence-corrected chi connectivity index (χ3v) is 3.94. The highest BCUT2D eigenvalue weighted by Gasteiger charge is 2.16. The molecule has 0 unspecified atom stereocenters. The first-order chi connectivity index (χ1) is 13.8. The molecule has 0 spiro atoms. The van der Waals surface area contributed by atoms with Crippen LogP contribution < -0.4 is 14.8 Å². The van der Waals surface area contributed by atoms with Crippen LogP contribution in [0.1, 0.15) is 12.5 Å². The van der Waals surface area contributed by atoms with Crippen molar-refractivity contribution in [3.05, 3.63) is 56.6 Å². The molecule has 2 rings (SSSR count). The summed E-state index contributed by atoms with van der Waals surface area (Å²) >= 11 is 6.18. The Bertz CT molecular complexity index is 1030. The average Bonchev–Trinajstić information content (AvgIpc) is 2.69. The van der Waals surface area contributed by atoms with Crippen molar-refractivity contribution in [2.75, 3.05) is 19.0 Å². The first-order valence-electron chi connectivity index (χ1n) is 8.21. The second kappa shape index (κ2) is 9.43. The quantitative estimate of drug-likeness (QED) is 0.229. The highest BCUT2D eigenvalue weighted by atomic mass is 35.5. The summed E-state index contributed by atoms with van der Waals surface area (Å²) in [6.45, 7) is 2.16. The standard InChI is InChI=1S/C19H16ClN3O6/c1-3-29-18-14(20)7-11(8-17(18)28-2)6-12(10-21)19(25)22-15-5-4-13(23(26)27)9-16(15)24/h4-9,24H,3H2,1-2H3,(H,22,25)/b12-6-. The highest BCUT2D eigenvalue weighted by Crippen LogP contribution is 2.37. The SMILES string of the molecule is CCOc1c(Cl)cc(/C=C(/C#N)C(=O)Nc2ccc([N+](=O)[O-])cc2O)cc1OC. The molecular formula is C19H16ClN3O6. The van der Waals surface area contributed by atoms with Gasteiger partial charge in [0.1, 0.15) is 17.4 Å². The molecule has 0 heterocycles. The van der Waals surface area contributed by atoms with Crippen molar-refractivity contribution in [1.82, 2.24) is 0 Å². The van der Waals surface area contributed by atoms with E-state index in [1.807, 2.05) is 0 Å². The van der Waals surface area contributed by atoms with Gasteiger partial charge in [-0.1, -0.05) is 11.6 Å². The number of nitro groups is 1. The topological polar surface area (TPSA) is 135 Å². The van der Waals surface area contributed by atoms with Crippen LogP contribution in [0.2, 0.25) is 5.02 Å². The molecule has 0 aliphatic carbocycles. The number of amides is 1. The number of halogens is 1. The molecular weight excluding hydrogens is 402 g/mol. The number of carbonyl (C=O) groups excluding carboxylic acids is 1. The Morgan fingerprint density at radius 1 is 1.41 bits per heavy atom. The molecule has 0 aliphatic heterocycles. The van der Waals surface area contributed by atoms with E-state index < -0.39 is 16.6 Å². The lowest BCUT2D eigenvalue weighted by Gasteiger charge is -2.12. The van der Waals surface area contributed by atoms with Gasteiger partial charge in [-0.3, -0.25) is 14.9 Å². The van der Waals surface area contributed by atoms with Gasteiger partial charge in [0.2, 0.25) is 0 Å². The summed E-state index contributed by atoms with van der Waals surface area (Å²) in [5.74, 6) is -0.653. The van der Waals surface area contributed by atoms with Crippen LogP contribution >= 0.6 is 11.6 Å². The number of nitriles is 1. The van der Waals surface area contributed by atoms with E-state index in [1.54, 1.807) is 19.1 Å². The normalized spacial score (nSPS) is 10.8. The lowest BCUT2D eigenvalue weighted by atomic mass is 10.1. The van der Waals surface area contributed by atoms with E-state index in [0.717, 1.165) is 18.2 Å². The van der Waals surface area contributed by atoms with E-state index in [0.29, 0.717) is 23.7 Å². The smallest absolute Gasteiger partial charge is 0.273 e. The van der Waals surface area contributed by atoms with Crippen LogP contribution in [0, 0.1) is 21.4 Å². The number of phenolic OH excluding ortho intramolecular Hbond substituents is 1. The van der Waals surface area contributed by atoms with Crippen molar-refractivity contribution in [3.63, 3.8) is 0 Å². The van der Waals surface area contributed by atoms with Crippen LogP contribution in [0.5, 0.6) is 17.2 Å². The molecule has 10 heteroatoms. The van der Waals surface area contributed by atoms with Gasteiger partial charge in [0, 0.05) is 6.07 Å². The highest BCUT2D eigenvalue weighted by molar-refractivity contribution is 6.32. The van der Waals surface area contributed by atoms with Crippen molar-refractivity contribution >= 4 is 35.0 Å². The second-order valence-electron chi connectivity index (χ2n) is 5.55. The van der Waals surface area contributed by atoms with Gasteiger partial charge >= 0.3 is 0 Å². The first-order valence-corrected chi connectivity index (χ1v) is 8.59. The minimum atomic E-state index is -0.819. The number of benzene rings is 2. The summed E-state index contributed by atoms with van der Waals surface area (Å²) in [6.07, 6.45) is 1.28. The van der Waals surface area contributed by atoms with Gasteiger partial charge in [0.05, 0.1) is 35.4 Å². The summed E-state index contributed by atoms with van der Waals surface area (Å²) in [6, 6.07) is 7.98. The van der Waals surface area contributed by atoms with E-state index in [1.165, 1.54) is 19.3 Å². The average molecular weight is 418 g/mol. The number of nitrogens with one attached hydrogen (secondary N) is 1. The van der Waals surface area contributed by atoms with Crippen molar-refractivity contribution in [1.29, 1.82) is 5.26 Å². The molecule has 29 heavy (non-hydrogen) atoms. The molecule has 0 saturated heterocycles. The number of rotatable bonds is 7. The maximum absolute atomic E-state index is 12.4. The molecule has 9 nitrogen and oxygen atoms in total. The molecule has 2 N–H and O–H groups in total. The minimum Gasteiger partial charge on any atom is -0.506 e. The van der Waals surface area contributed by atoms with Crippen LogP contribution in [0.3, 0.4) is 0 Å². The molecule has 0 aliphatic rings. The third-order valence-electron chi connectivity index (χ3n) is 3.66. The van der Waals surface area contributed by atoms with Crippen molar-refractivity contribution in [2.45, 2.75) is 6.92 Å². The van der Waals surface area contributed by atoms with Gasteiger partial charge in [-0.15, -0.1) is 0 Å². The molecule has 0 atom stereocenters. The number of carbonyl (C=O) groups is 1. The zero-order valence-electron chi connectivity index (χ0n) is 15.4. The molecule has 2 aromatic rings. The number of anilines is 1. The Balaban J connectivity index is 2.32. The van der Waals surface area contributed by atoms with E-state index in [2.05, 4.69) is 5.32 Å². The predicted octanol–water partition coefficient (Wildman–Crippen LogP) is 3.91. The van der Waals surface area contributed by atoms with Gasteiger partial charge in [-0.25, -0.2) is 0 Å². The van der Waals surface area contributed by atoms with Gasteiger partial charge in [-0.05, 0) is 36.8 Å². The number of non-ortho nitro benzene ring substituents is 1. The fourth-order valence-corrected chi connectivity index (χ4v) is 2.63. The van der Waals surface area contributed by atoms with Crippen LogP contribution in [-0.4, -0.2) is 29.7 Å². The van der Waals surface area contributed by atoms with Crippen molar-refractivity contribution in [2.24, 2.45) is 0 Å². The number of hydrogen-bond acceptors (Lipinski definition) is 7. The fourth-order valence-electron chi connectivity index (χ4n) is 2.35. The molecule has 0 radical (unpaired) electrons. The van der Waals surface area contributed by atoms with E-state index in [9.17, 15) is 25.3 Å². The van der Waals surface area contributed by atoms with Gasteiger partial charge in [0.15, 0.2) is 11.5 Å². The monoisotopic (exact) mass is 417 g/mol. The van der Waals surface area contributed by atoms with Gasteiger partial charge < -0.3 is 19.9 Å². The van der Waals surface area contributed by atoms with E-state index >= 15 is 0 Å². The maximum atomic E-state index is 12.4. The van der Waals surface area contributed by atoms with Crippen LogP contribution in [-0.2, 0) is 4.79 Å². The van der Waals surface area contributed by atoms with Crippen LogP contribution in [0.25, 0.3) is 6.08 Å². The summed E-state index contributed by atoms with van der Waals surface area (Å²) in [4.78, 5) is 22.4. The summed E-state index contributed by atoms with van der Waals surface area (Å²) in [5, 5.41) is 32.5. The number of ether oxygens (including phenoxy) is 2. The number of phenols is 1. The third kappa shape index (κ3) is 5.15. The zero-order valence-corrected chi connectivity index (χ0v) is 16.2. The van der Waals surface area contributed by atoms with Crippen molar-refractivity contribution < 1.29 is 24.3 Å².